The van der Waals surface area contributed by atoms with E-state index >= 15 is 0 Å². The highest BCUT2D eigenvalue weighted by molar-refractivity contribution is 5.92. The molecule has 0 spiro atoms. The Bertz CT molecular complexity index is 474. The minimum Gasteiger partial charge on any atom is -0.382 e. The van der Waals surface area contributed by atoms with E-state index in [4.69, 9.17) is 4.74 Å². The van der Waals surface area contributed by atoms with Crippen LogP contribution in [0.3, 0.4) is 0 Å². The van der Waals surface area contributed by atoms with E-state index in [0.717, 1.165) is 24.2 Å². The van der Waals surface area contributed by atoms with Gasteiger partial charge in [0, 0.05) is 36.5 Å². The average Bonchev–Trinajstić information content (AvgIpc) is 2.58. The predicted octanol–water partition coefficient (Wildman–Crippen LogP) is 3.80. The smallest absolute Gasteiger partial charge is 0.227 e. The fourth-order valence-corrected chi connectivity index (χ4v) is 3.34. The minimum absolute atomic E-state index is 0.0915. The van der Waals surface area contributed by atoms with Gasteiger partial charge in [0.15, 0.2) is 0 Å². The van der Waals surface area contributed by atoms with Gasteiger partial charge in [-0.2, -0.15) is 0 Å². The molecule has 1 saturated carbocycles. The van der Waals surface area contributed by atoms with Gasteiger partial charge in [0.1, 0.15) is 0 Å². The molecule has 0 atom stereocenters. The molecule has 3 rings (SSSR count). The summed E-state index contributed by atoms with van der Waals surface area (Å²) in [6.45, 7) is 1.39. The molecule has 1 amide bonds. The highest BCUT2D eigenvalue weighted by Crippen LogP contribution is 2.23. The molecule has 2 N–H and O–H groups in total. The van der Waals surface area contributed by atoms with E-state index in [1.54, 1.807) is 0 Å². The number of carbonyl (C=O) groups excluding carboxylic acids is 1. The number of hydrogen-bond acceptors (Lipinski definition) is 3. The normalized spacial score (nSPS) is 20.5. The van der Waals surface area contributed by atoms with E-state index < -0.39 is 0 Å². The lowest BCUT2D eigenvalue weighted by Gasteiger charge is -2.24. The Morgan fingerprint density at radius 2 is 1.55 bits per heavy atom. The van der Waals surface area contributed by atoms with Crippen LogP contribution in [0.2, 0.25) is 0 Å². The van der Waals surface area contributed by atoms with Crippen molar-refractivity contribution in [3.05, 3.63) is 24.3 Å². The Labute approximate surface area is 132 Å². The van der Waals surface area contributed by atoms with Gasteiger partial charge >= 0.3 is 0 Å². The van der Waals surface area contributed by atoms with Crippen molar-refractivity contribution in [3.8, 4) is 0 Å². The Kier molecular flexibility index (Phi) is 5.33. The maximum Gasteiger partial charge on any atom is 0.227 e. The van der Waals surface area contributed by atoms with Crippen molar-refractivity contribution < 1.29 is 9.53 Å². The fourth-order valence-electron chi connectivity index (χ4n) is 3.34. The topological polar surface area (TPSA) is 50.4 Å². The van der Waals surface area contributed by atoms with Crippen molar-refractivity contribution in [2.75, 3.05) is 23.8 Å². The summed E-state index contributed by atoms with van der Waals surface area (Å²) in [5, 5.41) is 6.62. The van der Waals surface area contributed by atoms with E-state index in [0.29, 0.717) is 19.3 Å². The molecule has 4 heteroatoms. The van der Waals surface area contributed by atoms with Gasteiger partial charge in [0.25, 0.3) is 0 Å². The number of nitrogens with one attached hydrogen (secondary N) is 2. The molecule has 2 aliphatic rings. The number of benzene rings is 1. The first-order chi connectivity index (χ1) is 10.8. The third kappa shape index (κ3) is 4.23. The van der Waals surface area contributed by atoms with Crippen LogP contribution >= 0.6 is 0 Å². The summed E-state index contributed by atoms with van der Waals surface area (Å²) < 4.78 is 5.30. The summed E-state index contributed by atoms with van der Waals surface area (Å²) >= 11 is 0. The molecule has 120 valence electrons. The van der Waals surface area contributed by atoms with Gasteiger partial charge in [0.2, 0.25) is 5.91 Å². The Hall–Kier alpha value is -1.55. The van der Waals surface area contributed by atoms with Crippen LogP contribution < -0.4 is 10.6 Å². The van der Waals surface area contributed by atoms with Gasteiger partial charge in [-0.15, -0.1) is 0 Å². The van der Waals surface area contributed by atoms with Gasteiger partial charge in [0.05, 0.1) is 0 Å². The first-order valence-corrected chi connectivity index (χ1v) is 8.56. The molecule has 4 nitrogen and oxygen atoms in total. The predicted molar refractivity (Wildman–Crippen MR) is 89.1 cm³/mol. The van der Waals surface area contributed by atoms with Gasteiger partial charge in [-0.1, -0.05) is 19.3 Å². The van der Waals surface area contributed by atoms with Crippen LogP contribution in [0.15, 0.2) is 24.3 Å². The maximum atomic E-state index is 12.2. The molecule has 1 aromatic rings. The van der Waals surface area contributed by atoms with Crippen molar-refractivity contribution in [2.45, 2.75) is 51.0 Å². The van der Waals surface area contributed by atoms with Crippen LogP contribution in [0.1, 0.15) is 44.9 Å². The molecule has 1 aliphatic heterocycles. The highest BCUT2D eigenvalue weighted by Gasteiger charge is 2.21. The summed E-state index contributed by atoms with van der Waals surface area (Å²) in [5.74, 6) is 0.213. The lowest BCUT2D eigenvalue weighted by atomic mass is 9.95. The van der Waals surface area contributed by atoms with E-state index in [1.807, 2.05) is 12.1 Å². The first kappa shape index (κ1) is 15.3. The van der Waals surface area contributed by atoms with Crippen LogP contribution in [0.4, 0.5) is 11.4 Å². The molecule has 1 saturated heterocycles. The summed E-state index contributed by atoms with van der Waals surface area (Å²) in [5.41, 5.74) is 2.03. The highest BCUT2D eigenvalue weighted by atomic mass is 16.5. The average molecular weight is 302 g/mol. The summed E-state index contributed by atoms with van der Waals surface area (Å²) in [6, 6.07) is 8.71. The fraction of sp³-hybridized carbons (Fsp3) is 0.611. The van der Waals surface area contributed by atoms with Crippen LogP contribution in [0, 0.1) is 5.92 Å². The lowest BCUT2D eigenvalue weighted by Crippen LogP contribution is -2.28. The minimum atomic E-state index is 0.0915. The van der Waals surface area contributed by atoms with Crippen LogP contribution in [0.5, 0.6) is 0 Å². The van der Waals surface area contributed by atoms with Crippen molar-refractivity contribution in [3.63, 3.8) is 0 Å². The Morgan fingerprint density at radius 3 is 2.23 bits per heavy atom. The van der Waals surface area contributed by atoms with Gasteiger partial charge in [-0.3, -0.25) is 4.79 Å². The van der Waals surface area contributed by atoms with Crippen LogP contribution in [-0.4, -0.2) is 25.2 Å². The van der Waals surface area contributed by atoms with Crippen molar-refractivity contribution >= 4 is 17.3 Å². The number of rotatable bonds is 4. The first-order valence-electron chi connectivity index (χ1n) is 8.56. The van der Waals surface area contributed by atoms with E-state index in [-0.39, 0.29) is 11.8 Å². The van der Waals surface area contributed by atoms with Crippen molar-refractivity contribution in [1.29, 1.82) is 0 Å². The molecule has 0 aromatic heterocycles. The van der Waals surface area contributed by atoms with Crippen molar-refractivity contribution in [1.82, 2.24) is 0 Å². The molecular formula is C18H26N2O2. The molecule has 0 bridgehead atoms. The summed E-state index contributed by atoms with van der Waals surface area (Å²) in [7, 11) is 0. The lowest BCUT2D eigenvalue weighted by molar-refractivity contribution is -0.122. The number of amides is 1. The molecule has 1 aliphatic carbocycles. The third-order valence-electron chi connectivity index (χ3n) is 4.72. The zero-order valence-corrected chi connectivity index (χ0v) is 13.1. The van der Waals surface area contributed by atoms with Gasteiger partial charge in [-0.05, 0) is 49.9 Å². The standard InChI is InChI=1S/C18H26N2O2/c21-18(14-10-12-22-13-11-14)20-17-8-6-16(7-9-17)19-15-4-2-1-3-5-15/h6-9,14-15,19H,1-5,10-13H2,(H,20,21). The number of ether oxygens (including phenoxy) is 1. The van der Waals surface area contributed by atoms with Crippen LogP contribution in [0.25, 0.3) is 0 Å². The molecule has 2 fully saturated rings. The van der Waals surface area contributed by atoms with Crippen molar-refractivity contribution in [2.24, 2.45) is 5.92 Å². The van der Waals surface area contributed by atoms with E-state index in [1.165, 1.54) is 32.1 Å². The van der Waals surface area contributed by atoms with Gasteiger partial charge < -0.3 is 15.4 Å². The number of hydrogen-bond donors (Lipinski definition) is 2. The molecule has 1 aromatic carbocycles. The Balaban J connectivity index is 1.51. The zero-order chi connectivity index (χ0) is 15.2. The quantitative estimate of drug-likeness (QED) is 0.889. The second kappa shape index (κ2) is 7.63. The largest absolute Gasteiger partial charge is 0.382 e. The Morgan fingerprint density at radius 1 is 0.909 bits per heavy atom. The summed E-state index contributed by atoms with van der Waals surface area (Å²) in [4.78, 5) is 12.2. The molecule has 0 unspecified atom stereocenters. The molecule has 1 heterocycles. The molecule has 0 radical (unpaired) electrons. The third-order valence-corrected chi connectivity index (χ3v) is 4.72. The monoisotopic (exact) mass is 302 g/mol. The molecule has 22 heavy (non-hydrogen) atoms. The number of anilines is 2. The van der Waals surface area contributed by atoms with E-state index in [2.05, 4.69) is 22.8 Å². The second-order valence-corrected chi connectivity index (χ2v) is 6.43. The summed E-state index contributed by atoms with van der Waals surface area (Å²) in [6.07, 6.45) is 8.22. The number of carbonyl (C=O) groups is 1. The maximum absolute atomic E-state index is 12.2. The molecular weight excluding hydrogens is 276 g/mol. The zero-order valence-electron chi connectivity index (χ0n) is 13.1. The second-order valence-electron chi connectivity index (χ2n) is 6.43. The van der Waals surface area contributed by atoms with Crippen LogP contribution in [-0.2, 0) is 9.53 Å². The van der Waals surface area contributed by atoms with E-state index in [9.17, 15) is 4.79 Å². The SMILES string of the molecule is O=C(Nc1ccc(NC2CCCCC2)cc1)C1CCOCC1. The van der Waals surface area contributed by atoms with Gasteiger partial charge in [-0.25, -0.2) is 0 Å².